The molecule has 0 aliphatic heterocycles. The van der Waals surface area contributed by atoms with Crippen LogP contribution < -0.4 is 5.73 Å². The molecule has 2 N–H and O–H groups in total. The highest BCUT2D eigenvalue weighted by molar-refractivity contribution is 7.85. The van der Waals surface area contributed by atoms with E-state index in [9.17, 15) is 4.21 Å². The van der Waals surface area contributed by atoms with Crippen molar-refractivity contribution in [3.8, 4) is 0 Å². The van der Waals surface area contributed by atoms with Crippen molar-refractivity contribution in [3.63, 3.8) is 0 Å². The number of nitrogens with two attached hydrogens (primary N) is 1. The van der Waals surface area contributed by atoms with Crippen molar-refractivity contribution in [1.82, 2.24) is 0 Å². The van der Waals surface area contributed by atoms with E-state index in [1.165, 1.54) is 0 Å². The standard InChI is InChI=1S/C13H21NO2S/c1-10-7-5-6-8-11(10)17(15)9-12(14)13(2,3)16-4/h5-8,12H,9,14H2,1-4H3. The lowest BCUT2D eigenvalue weighted by molar-refractivity contribution is 0.00645. The summed E-state index contributed by atoms with van der Waals surface area (Å²) in [6.07, 6.45) is 0. The van der Waals surface area contributed by atoms with Crippen LogP contribution in [0, 0.1) is 6.92 Å². The van der Waals surface area contributed by atoms with Crippen LogP contribution in [0.1, 0.15) is 19.4 Å². The molecule has 0 radical (unpaired) electrons. The minimum absolute atomic E-state index is 0.257. The minimum atomic E-state index is -1.08. The highest BCUT2D eigenvalue weighted by Crippen LogP contribution is 2.17. The molecule has 0 amide bonds. The number of benzene rings is 1. The van der Waals surface area contributed by atoms with Crippen molar-refractivity contribution in [2.75, 3.05) is 12.9 Å². The van der Waals surface area contributed by atoms with Gasteiger partial charge < -0.3 is 10.5 Å². The Kier molecular flexibility index (Phi) is 4.86. The monoisotopic (exact) mass is 255 g/mol. The summed E-state index contributed by atoms with van der Waals surface area (Å²) in [5, 5.41) is 0. The summed E-state index contributed by atoms with van der Waals surface area (Å²) in [4.78, 5) is 0.856. The molecule has 2 atom stereocenters. The first-order valence-electron chi connectivity index (χ1n) is 5.63. The Bertz CT molecular complexity index is 404. The molecule has 0 saturated heterocycles. The van der Waals surface area contributed by atoms with Crippen LogP contribution in [0.25, 0.3) is 0 Å². The number of methoxy groups -OCH3 is 1. The summed E-state index contributed by atoms with van der Waals surface area (Å²) in [7, 11) is 0.543. The highest BCUT2D eigenvalue weighted by atomic mass is 32.2. The zero-order valence-electron chi connectivity index (χ0n) is 10.9. The first-order chi connectivity index (χ1) is 7.88. The Hall–Kier alpha value is -0.710. The first-order valence-corrected chi connectivity index (χ1v) is 6.95. The van der Waals surface area contributed by atoms with E-state index in [0.717, 1.165) is 10.5 Å². The predicted octanol–water partition coefficient (Wildman–Crippen LogP) is 1.85. The zero-order valence-corrected chi connectivity index (χ0v) is 11.7. The second-order valence-corrected chi connectivity index (χ2v) is 6.16. The van der Waals surface area contributed by atoms with Gasteiger partial charge in [0.15, 0.2) is 0 Å². The van der Waals surface area contributed by atoms with Gasteiger partial charge >= 0.3 is 0 Å². The number of ether oxygens (including phenoxy) is 1. The SMILES string of the molecule is COC(C)(C)C(N)CS(=O)c1ccccc1C. The predicted molar refractivity (Wildman–Crippen MR) is 71.5 cm³/mol. The summed E-state index contributed by atoms with van der Waals surface area (Å²) >= 11 is 0. The molecule has 0 fully saturated rings. The lowest BCUT2D eigenvalue weighted by Gasteiger charge is -2.29. The van der Waals surface area contributed by atoms with Crippen molar-refractivity contribution in [3.05, 3.63) is 29.8 Å². The van der Waals surface area contributed by atoms with Crippen LogP contribution in [0.5, 0.6) is 0 Å². The molecule has 2 unspecified atom stereocenters. The quantitative estimate of drug-likeness (QED) is 0.873. The van der Waals surface area contributed by atoms with Crippen LogP contribution in [-0.4, -0.2) is 28.7 Å². The highest BCUT2D eigenvalue weighted by Gasteiger charge is 2.28. The van der Waals surface area contributed by atoms with Gasteiger partial charge in [-0.2, -0.15) is 0 Å². The largest absolute Gasteiger partial charge is 0.377 e. The van der Waals surface area contributed by atoms with Gasteiger partial charge in [0, 0.05) is 23.8 Å². The van der Waals surface area contributed by atoms with Gasteiger partial charge in [-0.3, -0.25) is 4.21 Å². The fourth-order valence-corrected chi connectivity index (χ4v) is 2.98. The Morgan fingerprint density at radius 3 is 2.53 bits per heavy atom. The lowest BCUT2D eigenvalue weighted by atomic mass is 10.0. The summed E-state index contributed by atoms with van der Waals surface area (Å²) in [6.45, 7) is 5.78. The maximum absolute atomic E-state index is 12.2. The third-order valence-electron chi connectivity index (χ3n) is 3.09. The Labute approximate surface area is 106 Å². The Morgan fingerprint density at radius 1 is 1.41 bits per heavy atom. The molecule has 0 heterocycles. The van der Waals surface area contributed by atoms with Crippen molar-refractivity contribution in [2.45, 2.75) is 37.3 Å². The zero-order chi connectivity index (χ0) is 13.1. The first kappa shape index (κ1) is 14.4. The summed E-state index contributed by atoms with van der Waals surface area (Å²) in [6, 6.07) is 7.42. The van der Waals surface area contributed by atoms with Crippen molar-refractivity contribution >= 4 is 10.8 Å². The van der Waals surface area contributed by atoms with E-state index in [1.807, 2.05) is 45.0 Å². The molecule has 3 nitrogen and oxygen atoms in total. The second kappa shape index (κ2) is 5.76. The molecule has 0 aromatic heterocycles. The average Bonchev–Trinajstić information content (AvgIpc) is 2.29. The molecular formula is C13H21NO2S. The lowest BCUT2D eigenvalue weighted by Crippen LogP contribution is -2.48. The van der Waals surface area contributed by atoms with Gasteiger partial charge in [-0.25, -0.2) is 0 Å². The van der Waals surface area contributed by atoms with Gasteiger partial charge in [-0.1, -0.05) is 18.2 Å². The van der Waals surface area contributed by atoms with E-state index in [0.29, 0.717) is 5.75 Å². The van der Waals surface area contributed by atoms with Crippen LogP contribution in [0.4, 0.5) is 0 Å². The van der Waals surface area contributed by atoms with Crippen LogP contribution in [-0.2, 0) is 15.5 Å². The van der Waals surface area contributed by atoms with Crippen LogP contribution >= 0.6 is 0 Å². The Balaban J connectivity index is 2.77. The van der Waals surface area contributed by atoms with Crippen LogP contribution in [0.2, 0.25) is 0 Å². The smallest absolute Gasteiger partial charge is 0.0782 e. The third-order valence-corrected chi connectivity index (χ3v) is 4.70. The molecule has 0 aliphatic rings. The molecule has 4 heteroatoms. The normalized spacial score (nSPS) is 15.6. The van der Waals surface area contributed by atoms with E-state index in [-0.39, 0.29) is 6.04 Å². The molecule has 1 aromatic rings. The maximum Gasteiger partial charge on any atom is 0.0782 e. The van der Waals surface area contributed by atoms with Gasteiger partial charge in [0.05, 0.1) is 16.4 Å². The minimum Gasteiger partial charge on any atom is -0.377 e. The number of rotatable bonds is 5. The van der Waals surface area contributed by atoms with Crippen molar-refractivity contribution < 1.29 is 8.95 Å². The van der Waals surface area contributed by atoms with E-state index in [4.69, 9.17) is 10.5 Å². The van der Waals surface area contributed by atoms with E-state index >= 15 is 0 Å². The molecule has 1 aromatic carbocycles. The Morgan fingerprint density at radius 2 is 2.00 bits per heavy atom. The van der Waals surface area contributed by atoms with E-state index in [1.54, 1.807) is 7.11 Å². The summed E-state index contributed by atoms with van der Waals surface area (Å²) < 4.78 is 17.5. The summed E-state index contributed by atoms with van der Waals surface area (Å²) in [5.74, 6) is 0.408. The maximum atomic E-state index is 12.2. The van der Waals surface area contributed by atoms with Gasteiger partial charge in [0.2, 0.25) is 0 Å². The molecule has 96 valence electrons. The topological polar surface area (TPSA) is 52.3 Å². The molecule has 0 bridgehead atoms. The number of hydrogen-bond acceptors (Lipinski definition) is 3. The van der Waals surface area contributed by atoms with Gasteiger partial charge in [0.25, 0.3) is 0 Å². The van der Waals surface area contributed by atoms with Gasteiger partial charge in [0.1, 0.15) is 0 Å². The fourth-order valence-electron chi connectivity index (χ4n) is 1.42. The van der Waals surface area contributed by atoms with Crippen molar-refractivity contribution in [2.24, 2.45) is 5.73 Å². The summed E-state index contributed by atoms with van der Waals surface area (Å²) in [5.41, 5.74) is 6.61. The van der Waals surface area contributed by atoms with Gasteiger partial charge in [-0.15, -0.1) is 0 Å². The molecule has 17 heavy (non-hydrogen) atoms. The molecule has 0 aliphatic carbocycles. The van der Waals surface area contributed by atoms with Crippen LogP contribution in [0.3, 0.4) is 0 Å². The third kappa shape index (κ3) is 3.63. The number of hydrogen-bond donors (Lipinski definition) is 1. The molecule has 1 rings (SSSR count). The average molecular weight is 255 g/mol. The fraction of sp³-hybridized carbons (Fsp3) is 0.538. The molecule has 0 spiro atoms. The molecular weight excluding hydrogens is 234 g/mol. The van der Waals surface area contributed by atoms with Gasteiger partial charge in [-0.05, 0) is 32.4 Å². The van der Waals surface area contributed by atoms with E-state index in [2.05, 4.69) is 0 Å². The van der Waals surface area contributed by atoms with Crippen molar-refractivity contribution in [1.29, 1.82) is 0 Å². The molecule has 0 saturated carbocycles. The number of aryl methyl sites for hydroxylation is 1. The van der Waals surface area contributed by atoms with E-state index < -0.39 is 16.4 Å². The van der Waals surface area contributed by atoms with Crippen LogP contribution in [0.15, 0.2) is 29.2 Å². The second-order valence-electron chi connectivity index (χ2n) is 4.69.